The summed E-state index contributed by atoms with van der Waals surface area (Å²) in [6, 6.07) is 5.50. The van der Waals surface area contributed by atoms with Gasteiger partial charge in [0.1, 0.15) is 0 Å². The zero-order valence-corrected chi connectivity index (χ0v) is 10.1. The fraction of sp³-hybridized carbons (Fsp3) is 0.417. The molecule has 92 valence electrons. The van der Waals surface area contributed by atoms with Crippen molar-refractivity contribution in [2.45, 2.75) is 20.4 Å². The number of amides is 2. The van der Waals surface area contributed by atoms with E-state index in [1.165, 1.54) is 0 Å². The molecule has 1 heterocycles. The SMILES string of the molecule is CC(C)C(=O)NCC(=O)NCc1ccccn1. The number of carbonyl (C=O) groups is 2. The second-order valence-corrected chi connectivity index (χ2v) is 3.97. The lowest BCUT2D eigenvalue weighted by molar-refractivity contribution is -0.127. The highest BCUT2D eigenvalue weighted by atomic mass is 16.2. The molecule has 17 heavy (non-hydrogen) atoms. The summed E-state index contributed by atoms with van der Waals surface area (Å²) in [5.41, 5.74) is 0.788. The van der Waals surface area contributed by atoms with E-state index in [1.54, 1.807) is 20.0 Å². The van der Waals surface area contributed by atoms with Gasteiger partial charge in [-0.1, -0.05) is 19.9 Å². The Bertz CT molecular complexity index is 377. The first-order chi connectivity index (χ1) is 8.09. The van der Waals surface area contributed by atoms with E-state index in [0.29, 0.717) is 6.54 Å². The van der Waals surface area contributed by atoms with Crippen LogP contribution in [0, 0.1) is 5.92 Å². The van der Waals surface area contributed by atoms with E-state index in [0.717, 1.165) is 5.69 Å². The highest BCUT2D eigenvalue weighted by Gasteiger charge is 2.08. The second-order valence-electron chi connectivity index (χ2n) is 3.97. The first kappa shape index (κ1) is 13.2. The minimum absolute atomic E-state index is 0.00382. The molecule has 0 saturated heterocycles. The van der Waals surface area contributed by atoms with E-state index in [4.69, 9.17) is 0 Å². The molecule has 2 amide bonds. The third-order valence-corrected chi connectivity index (χ3v) is 2.14. The van der Waals surface area contributed by atoms with Gasteiger partial charge < -0.3 is 10.6 Å². The van der Waals surface area contributed by atoms with E-state index in [-0.39, 0.29) is 24.3 Å². The van der Waals surface area contributed by atoms with Gasteiger partial charge in [-0.15, -0.1) is 0 Å². The van der Waals surface area contributed by atoms with Crippen molar-refractivity contribution in [3.05, 3.63) is 30.1 Å². The monoisotopic (exact) mass is 235 g/mol. The van der Waals surface area contributed by atoms with E-state index in [1.807, 2.05) is 18.2 Å². The zero-order chi connectivity index (χ0) is 12.7. The van der Waals surface area contributed by atoms with Gasteiger partial charge in [-0.25, -0.2) is 0 Å². The molecule has 0 aliphatic rings. The standard InChI is InChI=1S/C12H17N3O2/c1-9(2)12(17)15-8-11(16)14-7-10-5-3-4-6-13-10/h3-6,9H,7-8H2,1-2H3,(H,14,16)(H,15,17). The van der Waals surface area contributed by atoms with Gasteiger partial charge in [-0.3, -0.25) is 14.6 Å². The Morgan fingerprint density at radius 3 is 2.65 bits per heavy atom. The van der Waals surface area contributed by atoms with Gasteiger partial charge in [-0.05, 0) is 12.1 Å². The van der Waals surface area contributed by atoms with Crippen molar-refractivity contribution in [2.75, 3.05) is 6.54 Å². The Balaban J connectivity index is 2.24. The molecule has 0 unspecified atom stereocenters. The molecule has 0 aliphatic heterocycles. The number of nitrogens with one attached hydrogen (secondary N) is 2. The van der Waals surface area contributed by atoms with Crippen molar-refractivity contribution >= 4 is 11.8 Å². The molecule has 0 radical (unpaired) electrons. The van der Waals surface area contributed by atoms with Gasteiger partial charge in [0.25, 0.3) is 0 Å². The van der Waals surface area contributed by atoms with Crippen LogP contribution in [0.1, 0.15) is 19.5 Å². The molecular weight excluding hydrogens is 218 g/mol. The minimum atomic E-state index is -0.218. The van der Waals surface area contributed by atoms with Crippen molar-refractivity contribution in [2.24, 2.45) is 5.92 Å². The molecular formula is C12H17N3O2. The van der Waals surface area contributed by atoms with Crippen molar-refractivity contribution in [3.8, 4) is 0 Å². The van der Waals surface area contributed by atoms with Gasteiger partial charge in [-0.2, -0.15) is 0 Å². The number of rotatable bonds is 5. The van der Waals surface area contributed by atoms with Gasteiger partial charge in [0.05, 0.1) is 18.8 Å². The number of aromatic nitrogens is 1. The van der Waals surface area contributed by atoms with E-state index < -0.39 is 0 Å². The predicted molar refractivity (Wildman–Crippen MR) is 63.9 cm³/mol. The predicted octanol–water partition coefficient (Wildman–Crippen LogP) is 0.470. The maximum absolute atomic E-state index is 11.4. The lowest BCUT2D eigenvalue weighted by Crippen LogP contribution is -2.38. The molecule has 0 fully saturated rings. The molecule has 5 nitrogen and oxygen atoms in total. The lowest BCUT2D eigenvalue weighted by Gasteiger charge is -2.08. The topological polar surface area (TPSA) is 71.1 Å². The zero-order valence-electron chi connectivity index (χ0n) is 10.1. The summed E-state index contributed by atoms with van der Waals surface area (Å²) in [4.78, 5) is 26.7. The Labute approximate surface area is 101 Å². The summed E-state index contributed by atoms with van der Waals surface area (Å²) in [5.74, 6) is -0.457. The third-order valence-electron chi connectivity index (χ3n) is 2.14. The second kappa shape index (κ2) is 6.62. The average Bonchev–Trinajstić information content (AvgIpc) is 2.34. The summed E-state index contributed by atoms with van der Waals surface area (Å²) in [6.45, 7) is 3.93. The first-order valence-electron chi connectivity index (χ1n) is 5.54. The van der Waals surface area contributed by atoms with Crippen LogP contribution in [0.4, 0.5) is 0 Å². The lowest BCUT2D eigenvalue weighted by atomic mass is 10.2. The molecule has 0 bridgehead atoms. The van der Waals surface area contributed by atoms with Gasteiger partial charge in [0, 0.05) is 12.1 Å². The smallest absolute Gasteiger partial charge is 0.239 e. The summed E-state index contributed by atoms with van der Waals surface area (Å²) in [6.07, 6.45) is 1.67. The van der Waals surface area contributed by atoms with Crippen LogP contribution in [-0.4, -0.2) is 23.3 Å². The molecule has 0 atom stereocenters. The molecule has 0 aliphatic carbocycles. The first-order valence-corrected chi connectivity index (χ1v) is 5.54. The fourth-order valence-corrected chi connectivity index (χ4v) is 1.13. The minimum Gasteiger partial charge on any atom is -0.349 e. The Morgan fingerprint density at radius 1 is 1.29 bits per heavy atom. The van der Waals surface area contributed by atoms with Crippen LogP contribution in [0.2, 0.25) is 0 Å². The van der Waals surface area contributed by atoms with Crippen LogP contribution >= 0.6 is 0 Å². The molecule has 0 spiro atoms. The number of pyridine rings is 1. The maximum atomic E-state index is 11.4. The van der Waals surface area contributed by atoms with E-state index in [2.05, 4.69) is 15.6 Å². The number of hydrogen-bond donors (Lipinski definition) is 2. The quantitative estimate of drug-likeness (QED) is 0.779. The molecule has 1 rings (SSSR count). The van der Waals surface area contributed by atoms with Crippen LogP contribution < -0.4 is 10.6 Å². The molecule has 0 aromatic carbocycles. The average molecular weight is 235 g/mol. The summed E-state index contributed by atoms with van der Waals surface area (Å²) in [5, 5.41) is 5.22. The highest BCUT2D eigenvalue weighted by molar-refractivity contribution is 5.85. The fourth-order valence-electron chi connectivity index (χ4n) is 1.13. The van der Waals surface area contributed by atoms with Crippen molar-refractivity contribution in [3.63, 3.8) is 0 Å². The molecule has 0 saturated carbocycles. The summed E-state index contributed by atoms with van der Waals surface area (Å²) >= 11 is 0. The highest BCUT2D eigenvalue weighted by Crippen LogP contribution is 1.92. The third kappa shape index (κ3) is 5.10. The van der Waals surface area contributed by atoms with Crippen molar-refractivity contribution in [1.29, 1.82) is 0 Å². The molecule has 1 aromatic rings. The molecule has 2 N–H and O–H groups in total. The Hall–Kier alpha value is -1.91. The van der Waals surface area contributed by atoms with Gasteiger partial charge in [0.15, 0.2) is 0 Å². The van der Waals surface area contributed by atoms with Crippen molar-refractivity contribution in [1.82, 2.24) is 15.6 Å². The van der Waals surface area contributed by atoms with Gasteiger partial charge in [0.2, 0.25) is 11.8 Å². The largest absolute Gasteiger partial charge is 0.349 e. The molecule has 1 aromatic heterocycles. The normalized spacial score (nSPS) is 10.1. The van der Waals surface area contributed by atoms with Crippen LogP contribution in [0.15, 0.2) is 24.4 Å². The summed E-state index contributed by atoms with van der Waals surface area (Å²) in [7, 11) is 0. The van der Waals surface area contributed by atoms with Crippen LogP contribution in [0.5, 0.6) is 0 Å². The number of nitrogens with zero attached hydrogens (tertiary/aromatic N) is 1. The van der Waals surface area contributed by atoms with E-state index in [9.17, 15) is 9.59 Å². The van der Waals surface area contributed by atoms with Crippen LogP contribution in [0.25, 0.3) is 0 Å². The Morgan fingerprint density at radius 2 is 2.06 bits per heavy atom. The molecule has 5 heteroatoms. The maximum Gasteiger partial charge on any atom is 0.239 e. The number of hydrogen-bond acceptors (Lipinski definition) is 3. The van der Waals surface area contributed by atoms with Crippen LogP contribution in [-0.2, 0) is 16.1 Å². The van der Waals surface area contributed by atoms with Crippen molar-refractivity contribution < 1.29 is 9.59 Å². The van der Waals surface area contributed by atoms with E-state index >= 15 is 0 Å². The Kier molecular flexibility index (Phi) is 5.13. The van der Waals surface area contributed by atoms with Crippen LogP contribution in [0.3, 0.4) is 0 Å². The number of carbonyl (C=O) groups excluding carboxylic acids is 2. The summed E-state index contributed by atoms with van der Waals surface area (Å²) < 4.78 is 0. The van der Waals surface area contributed by atoms with Gasteiger partial charge >= 0.3 is 0 Å².